The Morgan fingerprint density at radius 1 is 0.818 bits per heavy atom. The molecule has 0 radical (unpaired) electrons. The largest absolute Gasteiger partial charge is 0.278 e. The second-order valence-corrected chi connectivity index (χ2v) is 7.57. The lowest BCUT2D eigenvalue weighted by Gasteiger charge is -2.19. The van der Waals surface area contributed by atoms with Crippen molar-refractivity contribution < 1.29 is 8.42 Å². The topological polar surface area (TPSA) is 46.2 Å². The van der Waals surface area contributed by atoms with Crippen LogP contribution in [0.25, 0.3) is 0 Å². The molecular weight excluding hydrogens is 318 g/mol. The molecule has 118 valence electrons. The molecule has 0 aliphatic rings. The van der Waals surface area contributed by atoms with Gasteiger partial charge in [0.15, 0.2) is 0 Å². The van der Waals surface area contributed by atoms with Crippen molar-refractivity contribution >= 4 is 27.3 Å². The van der Waals surface area contributed by atoms with Crippen LogP contribution in [0.4, 0.5) is 5.69 Å². The van der Waals surface area contributed by atoms with Crippen molar-refractivity contribution in [3.8, 4) is 0 Å². The molecule has 0 bridgehead atoms. The molecule has 2 rings (SSSR count). The molecule has 1 N–H and O–H groups in total. The van der Waals surface area contributed by atoms with E-state index in [-0.39, 0.29) is 0 Å². The lowest BCUT2D eigenvalue weighted by atomic mass is 9.95. The number of hydrogen-bond donors (Lipinski definition) is 1. The maximum absolute atomic E-state index is 12.8. The summed E-state index contributed by atoms with van der Waals surface area (Å²) in [7, 11) is -3.69. The Morgan fingerprint density at radius 2 is 1.27 bits per heavy atom. The summed E-state index contributed by atoms with van der Waals surface area (Å²) in [6, 6.07) is 6.81. The fourth-order valence-corrected chi connectivity index (χ4v) is 4.53. The summed E-state index contributed by atoms with van der Waals surface area (Å²) in [5.74, 6) is 0. The molecule has 2 aromatic rings. The molecule has 0 heterocycles. The van der Waals surface area contributed by atoms with Crippen LogP contribution in [0, 0.1) is 34.6 Å². The summed E-state index contributed by atoms with van der Waals surface area (Å²) in [5, 5.41) is 0.377. The predicted molar refractivity (Wildman–Crippen MR) is 92.4 cm³/mol. The Hall–Kier alpha value is -1.52. The minimum Gasteiger partial charge on any atom is -0.278 e. The lowest BCUT2D eigenvalue weighted by Crippen LogP contribution is -2.18. The predicted octanol–water partition coefficient (Wildman–Crippen LogP) is 4.68. The number of hydrogen-bond acceptors (Lipinski definition) is 2. The van der Waals surface area contributed by atoms with E-state index in [1.165, 1.54) is 0 Å². The second kappa shape index (κ2) is 5.94. The fourth-order valence-electron chi connectivity index (χ4n) is 2.61. The average molecular weight is 338 g/mol. The maximum atomic E-state index is 12.8. The van der Waals surface area contributed by atoms with Gasteiger partial charge in [0.2, 0.25) is 0 Å². The summed E-state index contributed by atoms with van der Waals surface area (Å²) in [6.45, 7) is 9.60. The number of anilines is 1. The highest BCUT2D eigenvalue weighted by Gasteiger charge is 2.24. The van der Waals surface area contributed by atoms with Gasteiger partial charge in [-0.25, -0.2) is 8.42 Å². The van der Waals surface area contributed by atoms with E-state index in [1.54, 1.807) is 24.3 Å². The molecule has 0 saturated carbocycles. The van der Waals surface area contributed by atoms with E-state index in [0.717, 1.165) is 27.8 Å². The molecule has 0 amide bonds. The molecule has 3 nitrogen and oxygen atoms in total. The molecular formula is C17H20ClNO2S. The maximum Gasteiger partial charge on any atom is 0.262 e. The van der Waals surface area contributed by atoms with Crippen LogP contribution in [-0.4, -0.2) is 8.42 Å². The molecule has 0 aliphatic carbocycles. The molecule has 0 saturated heterocycles. The van der Waals surface area contributed by atoms with Crippen LogP contribution in [0.5, 0.6) is 0 Å². The summed E-state index contributed by atoms with van der Waals surface area (Å²) in [6.07, 6.45) is 0. The standard InChI is InChI=1S/C17H20ClNO2S/c1-10-11(2)13(4)17(14(5)12(10)3)22(20,21)19-16-9-7-6-8-15(16)18/h6-9,19H,1-5H3. The third-order valence-corrected chi connectivity index (χ3v) is 6.29. The minimum atomic E-state index is -3.69. The molecule has 0 atom stereocenters. The first-order valence-electron chi connectivity index (χ1n) is 7.01. The van der Waals surface area contributed by atoms with E-state index in [9.17, 15) is 8.42 Å². The van der Waals surface area contributed by atoms with Gasteiger partial charge in [0.1, 0.15) is 0 Å². The SMILES string of the molecule is Cc1c(C)c(C)c(S(=O)(=O)Nc2ccccc2Cl)c(C)c1C. The third kappa shape index (κ3) is 2.85. The fraction of sp³-hybridized carbons (Fsp3) is 0.294. The van der Waals surface area contributed by atoms with Crippen molar-refractivity contribution in [2.24, 2.45) is 0 Å². The van der Waals surface area contributed by atoms with Crippen LogP contribution in [-0.2, 0) is 10.0 Å². The van der Waals surface area contributed by atoms with E-state index in [1.807, 2.05) is 34.6 Å². The molecule has 0 aliphatic heterocycles. The van der Waals surface area contributed by atoms with Crippen molar-refractivity contribution in [2.75, 3.05) is 4.72 Å². The third-order valence-electron chi connectivity index (χ3n) is 4.32. The average Bonchev–Trinajstić information content (AvgIpc) is 2.45. The van der Waals surface area contributed by atoms with E-state index in [2.05, 4.69) is 4.72 Å². The zero-order valence-electron chi connectivity index (χ0n) is 13.4. The van der Waals surface area contributed by atoms with Gasteiger partial charge in [-0.1, -0.05) is 23.7 Å². The number of rotatable bonds is 3. The van der Waals surface area contributed by atoms with Gasteiger partial charge < -0.3 is 0 Å². The number of benzene rings is 2. The van der Waals surface area contributed by atoms with Crippen LogP contribution < -0.4 is 4.72 Å². The Bertz CT molecular complexity index is 813. The highest BCUT2D eigenvalue weighted by atomic mass is 35.5. The molecule has 0 spiro atoms. The van der Waals surface area contributed by atoms with Crippen LogP contribution in [0.2, 0.25) is 5.02 Å². The van der Waals surface area contributed by atoms with Crippen LogP contribution >= 0.6 is 11.6 Å². The molecule has 22 heavy (non-hydrogen) atoms. The van der Waals surface area contributed by atoms with E-state index in [0.29, 0.717) is 15.6 Å². The first-order valence-corrected chi connectivity index (χ1v) is 8.87. The van der Waals surface area contributed by atoms with E-state index < -0.39 is 10.0 Å². The number of sulfonamides is 1. The van der Waals surface area contributed by atoms with Gasteiger partial charge in [0.05, 0.1) is 15.6 Å². The van der Waals surface area contributed by atoms with Crippen LogP contribution in [0.1, 0.15) is 27.8 Å². The summed E-state index contributed by atoms with van der Waals surface area (Å²) in [5.41, 5.74) is 5.08. The van der Waals surface area contributed by atoms with Gasteiger partial charge in [0.25, 0.3) is 10.0 Å². The van der Waals surface area contributed by atoms with Gasteiger partial charge in [-0.3, -0.25) is 4.72 Å². The second-order valence-electron chi connectivity index (χ2n) is 5.54. The van der Waals surface area contributed by atoms with Gasteiger partial charge in [0, 0.05) is 0 Å². The van der Waals surface area contributed by atoms with Crippen LogP contribution in [0.15, 0.2) is 29.2 Å². The zero-order valence-corrected chi connectivity index (χ0v) is 15.0. The quantitative estimate of drug-likeness (QED) is 0.883. The van der Waals surface area contributed by atoms with Crippen molar-refractivity contribution in [1.29, 1.82) is 0 Å². The van der Waals surface area contributed by atoms with E-state index >= 15 is 0 Å². The first kappa shape index (κ1) is 16.8. The monoisotopic (exact) mass is 337 g/mol. The minimum absolute atomic E-state index is 0.341. The summed E-state index contributed by atoms with van der Waals surface area (Å²) in [4.78, 5) is 0.341. The smallest absolute Gasteiger partial charge is 0.262 e. The van der Waals surface area contributed by atoms with Crippen molar-refractivity contribution in [3.05, 3.63) is 57.1 Å². The Labute approximate surface area is 137 Å². The number of nitrogens with one attached hydrogen (secondary N) is 1. The van der Waals surface area contributed by atoms with Crippen molar-refractivity contribution in [3.63, 3.8) is 0 Å². The molecule has 0 fully saturated rings. The van der Waals surface area contributed by atoms with Gasteiger partial charge in [-0.2, -0.15) is 0 Å². The molecule has 5 heteroatoms. The molecule has 0 unspecified atom stereocenters. The van der Waals surface area contributed by atoms with Crippen molar-refractivity contribution in [1.82, 2.24) is 0 Å². The number of para-hydroxylation sites is 1. The Balaban J connectivity index is 2.63. The Morgan fingerprint density at radius 3 is 1.77 bits per heavy atom. The Kier molecular flexibility index (Phi) is 4.54. The van der Waals surface area contributed by atoms with Gasteiger partial charge in [-0.15, -0.1) is 0 Å². The van der Waals surface area contributed by atoms with Crippen molar-refractivity contribution in [2.45, 2.75) is 39.5 Å². The summed E-state index contributed by atoms with van der Waals surface area (Å²) < 4.78 is 28.3. The van der Waals surface area contributed by atoms with Crippen LogP contribution in [0.3, 0.4) is 0 Å². The molecule has 2 aromatic carbocycles. The first-order chi connectivity index (χ1) is 10.2. The summed E-state index contributed by atoms with van der Waals surface area (Å²) >= 11 is 6.06. The number of halogens is 1. The normalized spacial score (nSPS) is 11.5. The van der Waals surface area contributed by atoms with Gasteiger partial charge >= 0.3 is 0 Å². The molecule has 0 aromatic heterocycles. The van der Waals surface area contributed by atoms with E-state index in [4.69, 9.17) is 11.6 Å². The lowest BCUT2D eigenvalue weighted by molar-refractivity contribution is 0.599. The highest BCUT2D eigenvalue weighted by Crippen LogP contribution is 2.32. The van der Waals surface area contributed by atoms with Gasteiger partial charge in [-0.05, 0) is 74.6 Å². The highest BCUT2D eigenvalue weighted by molar-refractivity contribution is 7.92. The zero-order chi connectivity index (χ0) is 16.7.